The molecule has 0 heterocycles. The first kappa shape index (κ1) is 10.9. The summed E-state index contributed by atoms with van der Waals surface area (Å²) in [7, 11) is -0.629. The molecule has 0 aromatic carbocycles. The van der Waals surface area contributed by atoms with Crippen LogP contribution in [-0.2, 0) is 10.2 Å². The highest BCUT2D eigenvalue weighted by atomic mass is 32.2. The maximum atomic E-state index is 13.0. The third-order valence-electron chi connectivity index (χ3n) is 2.21. The van der Waals surface area contributed by atoms with Crippen molar-refractivity contribution in [1.29, 1.82) is 0 Å². The lowest BCUT2D eigenvalue weighted by molar-refractivity contribution is 0.297. The number of hydrogen-bond acceptors (Lipinski definition) is 2. The average molecular weight is 210 g/mol. The van der Waals surface area contributed by atoms with Crippen LogP contribution in [0.25, 0.3) is 0 Å². The van der Waals surface area contributed by atoms with Crippen LogP contribution < -0.4 is 4.72 Å². The second kappa shape index (κ2) is 3.89. The number of hydrogen-bond donors (Lipinski definition) is 1. The van der Waals surface area contributed by atoms with Crippen LogP contribution in [0.5, 0.6) is 0 Å². The van der Waals surface area contributed by atoms with Crippen LogP contribution in [0, 0.1) is 0 Å². The number of alkyl halides is 1. The van der Waals surface area contributed by atoms with E-state index >= 15 is 0 Å². The van der Waals surface area contributed by atoms with E-state index < -0.39 is 22.4 Å². The average Bonchev–Trinajstić information content (AvgIpc) is 2.35. The summed E-state index contributed by atoms with van der Waals surface area (Å²) in [6, 6.07) is -0.535. The maximum Gasteiger partial charge on any atom is 0.279 e. The molecule has 1 fully saturated rings. The van der Waals surface area contributed by atoms with E-state index in [-0.39, 0.29) is 0 Å². The van der Waals surface area contributed by atoms with Crippen molar-refractivity contribution in [2.24, 2.45) is 0 Å². The third-order valence-corrected chi connectivity index (χ3v) is 3.77. The normalized spacial score (nSPS) is 29.8. The fourth-order valence-electron chi connectivity index (χ4n) is 1.34. The second-order valence-electron chi connectivity index (χ2n) is 3.46. The van der Waals surface area contributed by atoms with Gasteiger partial charge in [-0.05, 0) is 19.3 Å². The zero-order chi connectivity index (χ0) is 10.1. The Morgan fingerprint density at radius 1 is 1.38 bits per heavy atom. The van der Waals surface area contributed by atoms with Crippen molar-refractivity contribution in [1.82, 2.24) is 9.03 Å². The molecule has 1 N–H and O–H groups in total. The minimum absolute atomic E-state index is 0.459. The Labute approximate surface area is 78.3 Å². The Morgan fingerprint density at radius 2 is 2.00 bits per heavy atom. The molecule has 0 aliphatic heterocycles. The Kier molecular flexibility index (Phi) is 3.26. The maximum absolute atomic E-state index is 13.0. The number of nitrogens with zero attached hydrogens (tertiary/aromatic N) is 1. The van der Waals surface area contributed by atoms with Gasteiger partial charge < -0.3 is 0 Å². The van der Waals surface area contributed by atoms with Crippen molar-refractivity contribution < 1.29 is 12.8 Å². The Bertz CT molecular complexity index is 266. The van der Waals surface area contributed by atoms with E-state index in [9.17, 15) is 12.8 Å². The molecule has 0 aromatic heterocycles. The molecular weight excluding hydrogens is 195 g/mol. The van der Waals surface area contributed by atoms with Gasteiger partial charge in [-0.15, -0.1) is 0 Å². The molecule has 0 bridgehead atoms. The summed E-state index contributed by atoms with van der Waals surface area (Å²) < 4.78 is 39.0. The van der Waals surface area contributed by atoms with Gasteiger partial charge in [-0.2, -0.15) is 17.4 Å². The highest BCUT2D eigenvalue weighted by Crippen LogP contribution is 2.22. The van der Waals surface area contributed by atoms with Crippen LogP contribution in [0.1, 0.15) is 19.3 Å². The number of halogens is 1. The SMILES string of the molecule is CN(C)S(=O)(=O)N[C@@H]1CCC[C@@H]1F. The molecular formula is C7H15FN2O2S. The van der Waals surface area contributed by atoms with E-state index in [2.05, 4.69) is 4.72 Å². The van der Waals surface area contributed by atoms with Crippen LogP contribution in [-0.4, -0.2) is 39.0 Å². The minimum Gasteiger partial charge on any atom is -0.246 e. The fourth-order valence-corrected chi connectivity index (χ4v) is 2.20. The first-order valence-electron chi connectivity index (χ1n) is 4.27. The molecule has 1 rings (SSSR count). The highest BCUT2D eigenvalue weighted by molar-refractivity contribution is 7.87. The van der Waals surface area contributed by atoms with Crippen molar-refractivity contribution in [2.45, 2.75) is 31.5 Å². The first-order chi connectivity index (χ1) is 5.93. The summed E-state index contributed by atoms with van der Waals surface area (Å²) in [6.45, 7) is 0. The molecule has 0 amide bonds. The molecule has 1 aliphatic rings. The fraction of sp³-hybridized carbons (Fsp3) is 1.00. The molecule has 6 heteroatoms. The van der Waals surface area contributed by atoms with Crippen molar-refractivity contribution in [3.05, 3.63) is 0 Å². The predicted octanol–water partition coefficient (Wildman–Crippen LogP) is 0.273. The first-order valence-corrected chi connectivity index (χ1v) is 5.71. The molecule has 78 valence electrons. The molecule has 1 aliphatic carbocycles. The molecule has 0 saturated heterocycles. The topological polar surface area (TPSA) is 49.4 Å². The summed E-state index contributed by atoms with van der Waals surface area (Å²) in [6.07, 6.45) is 0.770. The lowest BCUT2D eigenvalue weighted by atomic mass is 10.2. The van der Waals surface area contributed by atoms with Crippen molar-refractivity contribution >= 4 is 10.2 Å². The lowest BCUT2D eigenvalue weighted by Crippen LogP contribution is -2.44. The molecule has 2 atom stereocenters. The predicted molar refractivity (Wildman–Crippen MR) is 48.3 cm³/mol. The van der Waals surface area contributed by atoms with E-state index in [0.717, 1.165) is 10.7 Å². The van der Waals surface area contributed by atoms with Gasteiger partial charge >= 0.3 is 0 Å². The third kappa shape index (κ3) is 2.62. The van der Waals surface area contributed by atoms with Gasteiger partial charge in [-0.25, -0.2) is 4.39 Å². The van der Waals surface area contributed by atoms with Gasteiger partial charge in [-0.3, -0.25) is 0 Å². The second-order valence-corrected chi connectivity index (χ2v) is 5.37. The monoisotopic (exact) mass is 210 g/mol. The quantitative estimate of drug-likeness (QED) is 0.727. The van der Waals surface area contributed by atoms with Gasteiger partial charge in [0.2, 0.25) is 0 Å². The smallest absolute Gasteiger partial charge is 0.246 e. The standard InChI is InChI=1S/C7H15FN2O2S/c1-10(2)13(11,12)9-7-5-3-4-6(7)8/h6-7,9H,3-5H2,1-2H3/t6-,7+/m0/s1. The van der Waals surface area contributed by atoms with Crippen molar-refractivity contribution in [2.75, 3.05) is 14.1 Å². The molecule has 13 heavy (non-hydrogen) atoms. The van der Waals surface area contributed by atoms with Gasteiger partial charge in [0.25, 0.3) is 10.2 Å². The van der Waals surface area contributed by atoms with Crippen LogP contribution in [0.3, 0.4) is 0 Å². The van der Waals surface area contributed by atoms with Gasteiger partial charge in [0.15, 0.2) is 0 Å². The molecule has 4 nitrogen and oxygen atoms in total. The van der Waals surface area contributed by atoms with Crippen LogP contribution >= 0.6 is 0 Å². The molecule has 0 unspecified atom stereocenters. The van der Waals surface area contributed by atoms with Gasteiger partial charge in [0.1, 0.15) is 6.17 Å². The van der Waals surface area contributed by atoms with Gasteiger partial charge in [0, 0.05) is 14.1 Å². The summed E-state index contributed by atoms with van der Waals surface area (Å²) in [5.41, 5.74) is 0. The summed E-state index contributed by atoms with van der Waals surface area (Å²) in [4.78, 5) is 0. The molecule has 0 aromatic rings. The van der Waals surface area contributed by atoms with Gasteiger partial charge in [-0.1, -0.05) is 0 Å². The van der Waals surface area contributed by atoms with Crippen molar-refractivity contribution in [3.8, 4) is 0 Å². The zero-order valence-corrected chi connectivity index (χ0v) is 8.64. The van der Waals surface area contributed by atoms with Crippen molar-refractivity contribution in [3.63, 3.8) is 0 Å². The lowest BCUT2D eigenvalue weighted by Gasteiger charge is -2.18. The number of nitrogens with one attached hydrogen (secondary N) is 1. The zero-order valence-electron chi connectivity index (χ0n) is 7.83. The summed E-state index contributed by atoms with van der Waals surface area (Å²) >= 11 is 0. The van der Waals surface area contributed by atoms with E-state index in [0.29, 0.717) is 12.8 Å². The molecule has 1 saturated carbocycles. The molecule has 0 spiro atoms. The Hall–Kier alpha value is -0.200. The van der Waals surface area contributed by atoms with Crippen LogP contribution in [0.15, 0.2) is 0 Å². The Morgan fingerprint density at radius 3 is 2.38 bits per heavy atom. The van der Waals surface area contributed by atoms with E-state index in [4.69, 9.17) is 0 Å². The molecule has 0 radical (unpaired) electrons. The van der Waals surface area contributed by atoms with E-state index in [1.54, 1.807) is 0 Å². The van der Waals surface area contributed by atoms with Crippen LogP contribution in [0.4, 0.5) is 4.39 Å². The summed E-state index contributed by atoms with van der Waals surface area (Å²) in [5, 5.41) is 0. The highest BCUT2D eigenvalue weighted by Gasteiger charge is 2.31. The van der Waals surface area contributed by atoms with E-state index in [1.165, 1.54) is 14.1 Å². The Balaban J connectivity index is 2.58. The summed E-state index contributed by atoms with van der Waals surface area (Å²) in [5.74, 6) is 0. The largest absolute Gasteiger partial charge is 0.279 e. The minimum atomic E-state index is -3.47. The van der Waals surface area contributed by atoms with Gasteiger partial charge in [0.05, 0.1) is 6.04 Å². The number of rotatable bonds is 3. The van der Waals surface area contributed by atoms with Crippen LogP contribution in [0.2, 0.25) is 0 Å². The van der Waals surface area contributed by atoms with E-state index in [1.807, 2.05) is 0 Å².